The molecule has 0 unspecified atom stereocenters. The zero-order chi connectivity index (χ0) is 23.9. The lowest BCUT2D eigenvalue weighted by Crippen LogP contribution is -2.30. The summed E-state index contributed by atoms with van der Waals surface area (Å²) >= 11 is 1.43. The van der Waals surface area contributed by atoms with Crippen molar-refractivity contribution in [2.75, 3.05) is 25.7 Å². The molecule has 0 bridgehead atoms. The average Bonchev–Trinajstić information content (AvgIpc) is 3.29. The molecule has 0 saturated heterocycles. The van der Waals surface area contributed by atoms with Crippen LogP contribution in [0.3, 0.4) is 0 Å². The third kappa shape index (κ3) is 5.28. The molecular formula is C26H27N3O4S. The lowest BCUT2D eigenvalue weighted by molar-refractivity contribution is 0.0985. The quantitative estimate of drug-likeness (QED) is 0.271. The first kappa shape index (κ1) is 23.5. The number of methoxy groups -OCH3 is 2. The molecule has 0 radical (unpaired) electrons. The van der Waals surface area contributed by atoms with Crippen LogP contribution in [0.4, 0.5) is 5.13 Å². The zero-order valence-corrected chi connectivity index (χ0v) is 20.3. The fourth-order valence-corrected chi connectivity index (χ4v) is 4.42. The fourth-order valence-electron chi connectivity index (χ4n) is 3.44. The molecule has 2 heterocycles. The topological polar surface area (TPSA) is 73.8 Å². The first-order valence-corrected chi connectivity index (χ1v) is 11.9. The van der Waals surface area contributed by atoms with Crippen LogP contribution in [0.1, 0.15) is 35.7 Å². The van der Waals surface area contributed by atoms with E-state index in [9.17, 15) is 4.79 Å². The van der Waals surface area contributed by atoms with E-state index in [2.05, 4.69) is 11.9 Å². The maximum absolute atomic E-state index is 13.6. The number of nitrogens with zero attached hydrogens (tertiary/aromatic N) is 3. The smallest absolute Gasteiger partial charge is 0.260 e. The van der Waals surface area contributed by atoms with E-state index in [4.69, 9.17) is 19.2 Å². The number of hydrogen-bond acceptors (Lipinski definition) is 7. The molecule has 0 aliphatic heterocycles. The number of anilines is 1. The lowest BCUT2D eigenvalue weighted by atomic mass is 10.1. The van der Waals surface area contributed by atoms with E-state index in [1.807, 2.05) is 36.4 Å². The van der Waals surface area contributed by atoms with Crippen LogP contribution in [0.2, 0.25) is 0 Å². The third-order valence-corrected chi connectivity index (χ3v) is 6.33. The summed E-state index contributed by atoms with van der Waals surface area (Å²) in [7, 11) is 3.18. The summed E-state index contributed by atoms with van der Waals surface area (Å²) in [6.07, 6.45) is 5.53. The molecule has 2 aromatic heterocycles. The highest BCUT2D eigenvalue weighted by Gasteiger charge is 2.23. The maximum Gasteiger partial charge on any atom is 0.260 e. The third-order valence-electron chi connectivity index (χ3n) is 5.29. The van der Waals surface area contributed by atoms with Crippen molar-refractivity contribution in [2.45, 2.75) is 26.3 Å². The molecule has 8 heteroatoms. The molecule has 0 atom stereocenters. The van der Waals surface area contributed by atoms with Crippen LogP contribution < -0.4 is 19.1 Å². The van der Waals surface area contributed by atoms with Crippen molar-refractivity contribution in [3.63, 3.8) is 0 Å². The molecule has 0 aliphatic rings. The second-order valence-electron chi connectivity index (χ2n) is 7.65. The number of thiazole rings is 1. The van der Waals surface area contributed by atoms with Gasteiger partial charge in [-0.15, -0.1) is 0 Å². The van der Waals surface area contributed by atoms with Crippen LogP contribution >= 0.6 is 11.3 Å². The maximum atomic E-state index is 13.6. The number of fused-ring (bicyclic) bond motifs is 1. The number of carbonyl (C=O) groups excluding carboxylic acids is 1. The molecule has 4 aromatic rings. The van der Waals surface area contributed by atoms with Gasteiger partial charge >= 0.3 is 0 Å². The highest BCUT2D eigenvalue weighted by atomic mass is 32.1. The molecule has 4 rings (SSSR count). The molecule has 7 nitrogen and oxygen atoms in total. The molecule has 0 saturated carbocycles. The Morgan fingerprint density at radius 2 is 1.82 bits per heavy atom. The van der Waals surface area contributed by atoms with Crippen molar-refractivity contribution in [3.8, 4) is 17.2 Å². The molecule has 0 fully saturated rings. The number of unbranched alkanes of at least 4 members (excludes halogenated alkanes) is 1. The van der Waals surface area contributed by atoms with E-state index in [-0.39, 0.29) is 5.91 Å². The Balaban J connectivity index is 1.67. The Hall–Kier alpha value is -3.65. The number of rotatable bonds is 10. The summed E-state index contributed by atoms with van der Waals surface area (Å²) in [4.78, 5) is 24.2. The lowest BCUT2D eigenvalue weighted by Gasteiger charge is -2.20. The minimum absolute atomic E-state index is 0.151. The summed E-state index contributed by atoms with van der Waals surface area (Å²) < 4.78 is 17.5. The SMILES string of the molecule is CCCCOc1ccc(C(=O)N(Cc2cccnc2)c2nc3cc(OC)c(OC)cc3s2)cc1. The number of hydrogen-bond donors (Lipinski definition) is 0. The van der Waals surface area contributed by atoms with Gasteiger partial charge in [0.15, 0.2) is 16.6 Å². The van der Waals surface area contributed by atoms with Crippen molar-refractivity contribution in [3.05, 3.63) is 72.1 Å². The van der Waals surface area contributed by atoms with E-state index >= 15 is 0 Å². The van der Waals surface area contributed by atoms with Gasteiger partial charge in [0.05, 0.1) is 37.6 Å². The Morgan fingerprint density at radius 1 is 1.06 bits per heavy atom. The van der Waals surface area contributed by atoms with Crippen LogP contribution in [-0.4, -0.2) is 36.7 Å². The fraction of sp³-hybridized carbons (Fsp3) is 0.269. The van der Waals surface area contributed by atoms with Gasteiger partial charge < -0.3 is 14.2 Å². The summed E-state index contributed by atoms with van der Waals surface area (Å²) in [5.74, 6) is 1.81. The minimum atomic E-state index is -0.151. The van der Waals surface area contributed by atoms with E-state index in [0.29, 0.717) is 35.3 Å². The number of amides is 1. The second kappa shape index (κ2) is 11.0. The van der Waals surface area contributed by atoms with E-state index in [1.165, 1.54) is 11.3 Å². The molecular weight excluding hydrogens is 450 g/mol. The first-order chi connectivity index (χ1) is 16.6. The summed E-state index contributed by atoms with van der Waals surface area (Å²) in [6.45, 7) is 3.13. The van der Waals surface area contributed by atoms with Gasteiger partial charge in [0.1, 0.15) is 5.75 Å². The molecule has 0 aliphatic carbocycles. The summed E-state index contributed by atoms with van der Waals surface area (Å²) in [6, 6.07) is 14.7. The van der Waals surface area contributed by atoms with Crippen LogP contribution in [0, 0.1) is 0 Å². The number of pyridine rings is 1. The van der Waals surface area contributed by atoms with E-state index < -0.39 is 0 Å². The Kier molecular flexibility index (Phi) is 7.59. The number of aromatic nitrogens is 2. The van der Waals surface area contributed by atoms with Crippen LogP contribution in [0.5, 0.6) is 17.2 Å². The Bertz CT molecular complexity index is 1200. The van der Waals surface area contributed by atoms with Crippen molar-refractivity contribution < 1.29 is 19.0 Å². The van der Waals surface area contributed by atoms with Gasteiger partial charge in [0, 0.05) is 30.1 Å². The standard InChI is InChI=1S/C26H27N3O4S/c1-4-5-13-33-20-10-8-19(9-11-20)25(30)29(17-18-7-6-12-27-16-18)26-28-21-14-22(31-2)23(32-3)15-24(21)34-26/h6-12,14-16H,4-5,13,17H2,1-3H3. The minimum Gasteiger partial charge on any atom is -0.494 e. The normalized spacial score (nSPS) is 10.8. The zero-order valence-electron chi connectivity index (χ0n) is 19.5. The molecule has 0 N–H and O–H groups in total. The number of ether oxygens (including phenoxy) is 3. The Morgan fingerprint density at radius 3 is 2.50 bits per heavy atom. The van der Waals surface area contributed by atoms with Gasteiger partial charge in [-0.3, -0.25) is 14.7 Å². The van der Waals surface area contributed by atoms with Gasteiger partial charge in [-0.05, 0) is 42.3 Å². The molecule has 176 valence electrons. The molecule has 2 aromatic carbocycles. The number of benzene rings is 2. The molecule has 1 amide bonds. The highest BCUT2D eigenvalue weighted by Crippen LogP contribution is 2.38. The van der Waals surface area contributed by atoms with Gasteiger partial charge in [0.25, 0.3) is 5.91 Å². The van der Waals surface area contributed by atoms with Gasteiger partial charge in [-0.2, -0.15) is 0 Å². The Labute approximate surface area is 202 Å². The largest absolute Gasteiger partial charge is 0.494 e. The number of carbonyl (C=O) groups is 1. The molecule has 34 heavy (non-hydrogen) atoms. The van der Waals surface area contributed by atoms with Crippen molar-refractivity contribution in [1.29, 1.82) is 0 Å². The van der Waals surface area contributed by atoms with Crippen molar-refractivity contribution in [2.24, 2.45) is 0 Å². The first-order valence-electron chi connectivity index (χ1n) is 11.1. The molecule has 0 spiro atoms. The van der Waals surface area contributed by atoms with Crippen LogP contribution in [0.25, 0.3) is 10.2 Å². The van der Waals surface area contributed by atoms with Crippen molar-refractivity contribution >= 4 is 32.6 Å². The highest BCUT2D eigenvalue weighted by molar-refractivity contribution is 7.22. The predicted molar refractivity (Wildman–Crippen MR) is 134 cm³/mol. The monoisotopic (exact) mass is 477 g/mol. The van der Waals surface area contributed by atoms with Crippen LogP contribution in [0.15, 0.2) is 60.9 Å². The summed E-state index contributed by atoms with van der Waals surface area (Å²) in [5, 5.41) is 0.586. The second-order valence-corrected chi connectivity index (χ2v) is 8.66. The van der Waals surface area contributed by atoms with Gasteiger partial charge in [0.2, 0.25) is 0 Å². The van der Waals surface area contributed by atoms with E-state index in [0.717, 1.165) is 34.4 Å². The van der Waals surface area contributed by atoms with Gasteiger partial charge in [-0.25, -0.2) is 4.98 Å². The predicted octanol–water partition coefficient (Wildman–Crippen LogP) is 5.73. The van der Waals surface area contributed by atoms with Crippen molar-refractivity contribution in [1.82, 2.24) is 9.97 Å². The average molecular weight is 478 g/mol. The van der Waals surface area contributed by atoms with Gasteiger partial charge in [-0.1, -0.05) is 30.7 Å². The van der Waals surface area contributed by atoms with Crippen LogP contribution in [-0.2, 0) is 6.54 Å². The summed E-state index contributed by atoms with van der Waals surface area (Å²) in [5.41, 5.74) is 2.20. The van der Waals surface area contributed by atoms with E-state index in [1.54, 1.807) is 43.6 Å².